The number of halogens is 2. The van der Waals surface area contributed by atoms with E-state index in [9.17, 15) is 8.78 Å². The zero-order valence-corrected chi connectivity index (χ0v) is 5.69. The largest absolute Gasteiger partial charge is 0.330 e. The van der Waals surface area contributed by atoms with Gasteiger partial charge in [0.25, 0.3) is 0 Å². The number of piperidine rings is 1. The minimum absolute atomic E-state index is 0.100. The molecule has 0 radical (unpaired) electrons. The summed E-state index contributed by atoms with van der Waals surface area (Å²) in [6, 6.07) is 0. The number of hydrogen-bond acceptors (Lipinski definition) is 2. The zero-order valence-electron chi connectivity index (χ0n) is 5.69. The molecule has 1 aliphatic heterocycles. The van der Waals surface area contributed by atoms with Gasteiger partial charge in [-0.05, 0) is 13.0 Å². The van der Waals surface area contributed by atoms with Gasteiger partial charge in [0.15, 0.2) is 6.30 Å². The first-order valence-corrected chi connectivity index (χ1v) is 3.45. The molecule has 0 aromatic heterocycles. The van der Waals surface area contributed by atoms with Gasteiger partial charge in [-0.3, -0.25) is 5.32 Å². The van der Waals surface area contributed by atoms with E-state index in [4.69, 9.17) is 5.73 Å². The Morgan fingerprint density at radius 2 is 2.20 bits per heavy atom. The maximum Gasteiger partial charge on any atom is 0.151 e. The van der Waals surface area contributed by atoms with Gasteiger partial charge in [0.1, 0.15) is 6.17 Å². The second-order valence-corrected chi connectivity index (χ2v) is 2.62. The lowest BCUT2D eigenvalue weighted by atomic mass is 9.96. The topological polar surface area (TPSA) is 38.0 Å². The van der Waals surface area contributed by atoms with Crippen molar-refractivity contribution in [2.24, 2.45) is 11.7 Å². The summed E-state index contributed by atoms with van der Waals surface area (Å²) >= 11 is 0. The average Bonchev–Trinajstić information content (AvgIpc) is 1.94. The van der Waals surface area contributed by atoms with E-state index in [1.807, 2.05) is 0 Å². The van der Waals surface area contributed by atoms with Gasteiger partial charge < -0.3 is 5.73 Å². The molecule has 10 heavy (non-hydrogen) atoms. The molecule has 0 amide bonds. The van der Waals surface area contributed by atoms with Crippen molar-refractivity contribution in [3.8, 4) is 0 Å². The molecule has 2 nitrogen and oxygen atoms in total. The van der Waals surface area contributed by atoms with Crippen LogP contribution in [-0.2, 0) is 0 Å². The van der Waals surface area contributed by atoms with Gasteiger partial charge in [0.05, 0.1) is 0 Å². The fraction of sp³-hybridized carbons (Fsp3) is 1.00. The lowest BCUT2D eigenvalue weighted by Gasteiger charge is -2.27. The minimum atomic E-state index is -1.07. The molecule has 0 aliphatic carbocycles. The molecule has 1 heterocycles. The molecule has 0 aromatic rings. The van der Waals surface area contributed by atoms with Crippen LogP contribution in [0.5, 0.6) is 0 Å². The van der Waals surface area contributed by atoms with Gasteiger partial charge in [0.2, 0.25) is 0 Å². The highest BCUT2D eigenvalue weighted by molar-refractivity contribution is 4.80. The monoisotopic (exact) mass is 150 g/mol. The Morgan fingerprint density at radius 3 is 2.70 bits per heavy atom. The van der Waals surface area contributed by atoms with Crippen molar-refractivity contribution in [2.45, 2.75) is 18.9 Å². The smallest absolute Gasteiger partial charge is 0.151 e. The third-order valence-corrected chi connectivity index (χ3v) is 1.86. The molecule has 60 valence electrons. The third-order valence-electron chi connectivity index (χ3n) is 1.86. The molecule has 4 heteroatoms. The first-order valence-electron chi connectivity index (χ1n) is 3.45. The fourth-order valence-corrected chi connectivity index (χ4v) is 1.15. The van der Waals surface area contributed by atoms with E-state index < -0.39 is 12.5 Å². The van der Waals surface area contributed by atoms with Gasteiger partial charge in [-0.25, -0.2) is 8.78 Å². The van der Waals surface area contributed by atoms with Crippen LogP contribution in [0, 0.1) is 5.92 Å². The standard InChI is InChI=1S/C6H12F2N2/c7-5-3-10-6(8)1-4(5)2-9/h4-6,10H,1-3,9H2. The minimum Gasteiger partial charge on any atom is -0.330 e. The summed E-state index contributed by atoms with van der Waals surface area (Å²) in [5.41, 5.74) is 5.22. The second-order valence-electron chi connectivity index (χ2n) is 2.62. The molecular weight excluding hydrogens is 138 g/mol. The van der Waals surface area contributed by atoms with E-state index in [1.54, 1.807) is 0 Å². The quantitative estimate of drug-likeness (QED) is 0.523. The third kappa shape index (κ3) is 1.64. The zero-order chi connectivity index (χ0) is 7.56. The Morgan fingerprint density at radius 1 is 1.50 bits per heavy atom. The summed E-state index contributed by atoms with van der Waals surface area (Å²) in [5.74, 6) is -0.295. The van der Waals surface area contributed by atoms with Crippen LogP contribution in [0.4, 0.5) is 8.78 Å². The van der Waals surface area contributed by atoms with Crippen LogP contribution in [-0.4, -0.2) is 25.6 Å². The summed E-state index contributed by atoms with van der Waals surface area (Å²) in [6.45, 7) is 0.340. The summed E-state index contributed by atoms with van der Waals surface area (Å²) in [6.07, 6.45) is -1.84. The van der Waals surface area contributed by atoms with Crippen molar-refractivity contribution in [3.05, 3.63) is 0 Å². The summed E-state index contributed by atoms with van der Waals surface area (Å²) < 4.78 is 25.2. The van der Waals surface area contributed by atoms with E-state index in [2.05, 4.69) is 5.32 Å². The number of alkyl halides is 2. The van der Waals surface area contributed by atoms with Crippen LogP contribution in [0.1, 0.15) is 6.42 Å². The van der Waals surface area contributed by atoms with E-state index >= 15 is 0 Å². The molecule has 0 saturated carbocycles. The van der Waals surface area contributed by atoms with Gasteiger partial charge >= 0.3 is 0 Å². The molecule has 3 atom stereocenters. The Hall–Kier alpha value is -0.220. The summed E-state index contributed by atoms with van der Waals surface area (Å²) in [7, 11) is 0. The molecule has 0 spiro atoms. The van der Waals surface area contributed by atoms with Crippen LogP contribution in [0.15, 0.2) is 0 Å². The predicted molar refractivity (Wildman–Crippen MR) is 35.0 cm³/mol. The second kappa shape index (κ2) is 3.25. The SMILES string of the molecule is NCC1CC(F)NCC1F. The van der Waals surface area contributed by atoms with Crippen molar-refractivity contribution in [2.75, 3.05) is 13.1 Å². The molecule has 0 bridgehead atoms. The maximum absolute atomic E-state index is 12.7. The van der Waals surface area contributed by atoms with Gasteiger partial charge in [-0.15, -0.1) is 0 Å². The molecule has 0 aromatic carbocycles. The molecule has 1 rings (SSSR count). The van der Waals surface area contributed by atoms with E-state index in [0.29, 0.717) is 0 Å². The van der Waals surface area contributed by atoms with Crippen molar-refractivity contribution < 1.29 is 8.78 Å². The Labute approximate surface area is 58.8 Å². The predicted octanol–water partition coefficient (Wildman–Crippen LogP) is 0.188. The van der Waals surface area contributed by atoms with Crippen LogP contribution in [0.3, 0.4) is 0 Å². The average molecular weight is 150 g/mol. The molecule has 1 fully saturated rings. The highest BCUT2D eigenvalue weighted by atomic mass is 19.1. The van der Waals surface area contributed by atoms with Crippen molar-refractivity contribution in [1.29, 1.82) is 0 Å². The number of nitrogens with one attached hydrogen (secondary N) is 1. The summed E-state index contributed by atoms with van der Waals surface area (Å²) in [4.78, 5) is 0. The first-order chi connectivity index (χ1) is 4.74. The lowest BCUT2D eigenvalue weighted by molar-refractivity contribution is 0.100. The van der Waals surface area contributed by atoms with Gasteiger partial charge in [0, 0.05) is 12.5 Å². The van der Waals surface area contributed by atoms with Crippen LogP contribution in [0.25, 0.3) is 0 Å². The number of rotatable bonds is 1. The highest BCUT2D eigenvalue weighted by Crippen LogP contribution is 2.18. The molecule has 1 saturated heterocycles. The molecule has 3 unspecified atom stereocenters. The van der Waals surface area contributed by atoms with Crippen molar-refractivity contribution in [3.63, 3.8) is 0 Å². The summed E-state index contributed by atoms with van der Waals surface area (Å²) in [5, 5.41) is 2.40. The highest BCUT2D eigenvalue weighted by Gasteiger charge is 2.28. The van der Waals surface area contributed by atoms with E-state index in [1.165, 1.54) is 0 Å². The van der Waals surface area contributed by atoms with Gasteiger partial charge in [-0.1, -0.05) is 0 Å². The van der Waals surface area contributed by atoms with Crippen molar-refractivity contribution >= 4 is 0 Å². The maximum atomic E-state index is 12.7. The fourth-order valence-electron chi connectivity index (χ4n) is 1.15. The Kier molecular flexibility index (Phi) is 2.56. The van der Waals surface area contributed by atoms with Crippen LogP contribution in [0.2, 0.25) is 0 Å². The van der Waals surface area contributed by atoms with Crippen LogP contribution >= 0.6 is 0 Å². The molecular formula is C6H12F2N2. The lowest BCUT2D eigenvalue weighted by Crippen LogP contribution is -2.45. The van der Waals surface area contributed by atoms with Crippen molar-refractivity contribution in [1.82, 2.24) is 5.32 Å². The Bertz CT molecular complexity index is 110. The molecule has 3 N–H and O–H groups in total. The van der Waals surface area contributed by atoms with Gasteiger partial charge in [-0.2, -0.15) is 0 Å². The molecule has 1 aliphatic rings. The normalized spacial score (nSPS) is 41.7. The van der Waals surface area contributed by atoms with E-state index in [0.717, 1.165) is 0 Å². The Balaban J connectivity index is 2.38. The number of nitrogens with two attached hydrogens (primary N) is 1. The number of hydrogen-bond donors (Lipinski definition) is 2. The van der Waals surface area contributed by atoms with E-state index in [-0.39, 0.29) is 25.4 Å². The first kappa shape index (κ1) is 7.88. The van der Waals surface area contributed by atoms with Crippen LogP contribution < -0.4 is 11.1 Å².